The normalized spacial score (nSPS) is 13.1. The van der Waals surface area contributed by atoms with Gasteiger partial charge < -0.3 is 4.74 Å². The standard InChI is InChI=1S/C12H13F3O2S/c1-2-11(16)17-10(12(13,14)15)8-18-9-6-4-3-5-7-9/h3-7,10H,2,8H2,1H3. The summed E-state index contributed by atoms with van der Waals surface area (Å²) in [5, 5.41) is 0. The lowest BCUT2D eigenvalue weighted by molar-refractivity contribution is -0.214. The lowest BCUT2D eigenvalue weighted by Gasteiger charge is -2.20. The van der Waals surface area contributed by atoms with E-state index >= 15 is 0 Å². The molecule has 1 rings (SSSR count). The quantitative estimate of drug-likeness (QED) is 0.607. The second kappa shape index (κ2) is 6.68. The van der Waals surface area contributed by atoms with Crippen molar-refractivity contribution < 1.29 is 22.7 Å². The van der Waals surface area contributed by atoms with Crippen LogP contribution in [-0.4, -0.2) is 24.0 Å². The highest BCUT2D eigenvalue weighted by Gasteiger charge is 2.42. The number of alkyl halides is 3. The summed E-state index contributed by atoms with van der Waals surface area (Å²) in [5.74, 6) is -1.18. The van der Waals surface area contributed by atoms with Crippen molar-refractivity contribution >= 4 is 17.7 Å². The van der Waals surface area contributed by atoms with Crippen molar-refractivity contribution in [3.63, 3.8) is 0 Å². The fraction of sp³-hybridized carbons (Fsp3) is 0.417. The maximum Gasteiger partial charge on any atom is 0.426 e. The Balaban J connectivity index is 2.59. The van der Waals surface area contributed by atoms with E-state index in [0.29, 0.717) is 4.90 Å². The summed E-state index contributed by atoms with van der Waals surface area (Å²) in [6.45, 7) is 1.46. The Morgan fingerprint density at radius 2 is 1.94 bits per heavy atom. The lowest BCUT2D eigenvalue weighted by Crippen LogP contribution is -2.35. The smallest absolute Gasteiger partial charge is 0.426 e. The first-order chi connectivity index (χ1) is 8.43. The van der Waals surface area contributed by atoms with Crippen molar-refractivity contribution in [2.24, 2.45) is 0 Å². The minimum Gasteiger partial charge on any atom is -0.452 e. The molecule has 0 fully saturated rings. The zero-order valence-corrected chi connectivity index (χ0v) is 10.6. The van der Waals surface area contributed by atoms with Crippen LogP contribution in [-0.2, 0) is 9.53 Å². The summed E-state index contributed by atoms with van der Waals surface area (Å²) in [7, 11) is 0. The average molecular weight is 278 g/mol. The largest absolute Gasteiger partial charge is 0.452 e. The molecule has 18 heavy (non-hydrogen) atoms. The van der Waals surface area contributed by atoms with Crippen molar-refractivity contribution in [3.8, 4) is 0 Å². The Labute approximate surface area is 108 Å². The molecular weight excluding hydrogens is 265 g/mol. The van der Waals surface area contributed by atoms with E-state index in [-0.39, 0.29) is 12.2 Å². The molecule has 6 heteroatoms. The molecule has 1 unspecified atom stereocenters. The van der Waals surface area contributed by atoms with E-state index in [0.717, 1.165) is 11.8 Å². The molecule has 0 aliphatic rings. The fourth-order valence-electron chi connectivity index (χ4n) is 1.13. The van der Waals surface area contributed by atoms with Gasteiger partial charge in [-0.25, -0.2) is 0 Å². The SMILES string of the molecule is CCC(=O)OC(CSc1ccccc1)C(F)(F)F. The highest BCUT2D eigenvalue weighted by atomic mass is 32.2. The Bertz CT molecular complexity index is 379. The molecule has 0 amide bonds. The van der Waals surface area contributed by atoms with E-state index in [4.69, 9.17) is 0 Å². The van der Waals surface area contributed by atoms with Gasteiger partial charge in [0.1, 0.15) is 0 Å². The van der Waals surface area contributed by atoms with E-state index in [1.807, 2.05) is 0 Å². The summed E-state index contributed by atoms with van der Waals surface area (Å²) in [4.78, 5) is 11.7. The number of ether oxygens (including phenoxy) is 1. The van der Waals surface area contributed by atoms with Crippen LogP contribution < -0.4 is 0 Å². The highest BCUT2D eigenvalue weighted by Crippen LogP contribution is 2.29. The third-order valence-electron chi connectivity index (χ3n) is 2.07. The van der Waals surface area contributed by atoms with Crippen molar-refractivity contribution in [3.05, 3.63) is 30.3 Å². The van der Waals surface area contributed by atoms with Crippen molar-refractivity contribution in [2.45, 2.75) is 30.5 Å². The third-order valence-corrected chi connectivity index (χ3v) is 3.15. The molecule has 100 valence electrons. The number of halogens is 3. The predicted molar refractivity (Wildman–Crippen MR) is 63.4 cm³/mol. The zero-order chi connectivity index (χ0) is 13.6. The van der Waals surface area contributed by atoms with Gasteiger partial charge in [-0.05, 0) is 12.1 Å². The van der Waals surface area contributed by atoms with Crippen LogP contribution >= 0.6 is 11.8 Å². The van der Waals surface area contributed by atoms with Gasteiger partial charge in [-0.15, -0.1) is 11.8 Å². The number of carbonyl (C=O) groups is 1. The van der Waals surface area contributed by atoms with Gasteiger partial charge in [0, 0.05) is 17.1 Å². The van der Waals surface area contributed by atoms with Gasteiger partial charge >= 0.3 is 12.1 Å². The van der Waals surface area contributed by atoms with Crippen LogP contribution in [0, 0.1) is 0 Å². The summed E-state index contributed by atoms with van der Waals surface area (Å²) in [5.41, 5.74) is 0. The summed E-state index contributed by atoms with van der Waals surface area (Å²) < 4.78 is 42.3. The van der Waals surface area contributed by atoms with Gasteiger partial charge in [0.05, 0.1) is 0 Å². The number of carbonyl (C=O) groups excluding carboxylic acids is 1. The molecule has 0 N–H and O–H groups in total. The molecule has 1 atom stereocenters. The van der Waals surface area contributed by atoms with E-state index in [2.05, 4.69) is 4.74 Å². The number of hydrogen-bond acceptors (Lipinski definition) is 3. The molecule has 0 spiro atoms. The molecule has 1 aromatic rings. The maximum absolute atomic E-state index is 12.6. The first kappa shape index (κ1) is 14.9. The summed E-state index contributed by atoms with van der Waals surface area (Å²) in [6.07, 6.45) is -6.66. The van der Waals surface area contributed by atoms with Gasteiger partial charge in [-0.2, -0.15) is 13.2 Å². The van der Waals surface area contributed by atoms with Crippen LogP contribution in [0.2, 0.25) is 0 Å². The second-order valence-electron chi connectivity index (χ2n) is 3.50. The topological polar surface area (TPSA) is 26.3 Å². The average Bonchev–Trinajstić information content (AvgIpc) is 2.34. The molecular formula is C12H13F3O2S. The monoisotopic (exact) mass is 278 g/mol. The second-order valence-corrected chi connectivity index (χ2v) is 4.59. The summed E-state index contributed by atoms with van der Waals surface area (Å²) in [6, 6.07) is 8.67. The van der Waals surface area contributed by atoms with Crippen LogP contribution in [0.4, 0.5) is 13.2 Å². The number of thioether (sulfide) groups is 1. The first-order valence-corrected chi connectivity index (χ1v) is 6.36. The predicted octanol–water partition coefficient (Wildman–Crippen LogP) is 3.66. The molecule has 0 aliphatic heterocycles. The van der Waals surface area contributed by atoms with Crippen LogP contribution in [0.15, 0.2) is 35.2 Å². The lowest BCUT2D eigenvalue weighted by atomic mass is 10.4. The number of benzene rings is 1. The minimum atomic E-state index is -4.54. The Morgan fingerprint density at radius 3 is 2.44 bits per heavy atom. The van der Waals surface area contributed by atoms with E-state index in [1.165, 1.54) is 6.92 Å². The van der Waals surface area contributed by atoms with Crippen molar-refractivity contribution in [1.82, 2.24) is 0 Å². The van der Waals surface area contributed by atoms with Gasteiger partial charge in [0.15, 0.2) is 0 Å². The van der Waals surface area contributed by atoms with Crippen LogP contribution in [0.1, 0.15) is 13.3 Å². The summed E-state index contributed by atoms with van der Waals surface area (Å²) >= 11 is 1.01. The van der Waals surface area contributed by atoms with Crippen molar-refractivity contribution in [1.29, 1.82) is 0 Å². The van der Waals surface area contributed by atoms with Gasteiger partial charge in [0.2, 0.25) is 6.10 Å². The van der Waals surface area contributed by atoms with Crippen LogP contribution in [0.5, 0.6) is 0 Å². The molecule has 0 bridgehead atoms. The first-order valence-electron chi connectivity index (χ1n) is 5.37. The van der Waals surface area contributed by atoms with E-state index in [9.17, 15) is 18.0 Å². The van der Waals surface area contributed by atoms with Crippen LogP contribution in [0.3, 0.4) is 0 Å². The molecule has 0 radical (unpaired) electrons. The number of hydrogen-bond donors (Lipinski definition) is 0. The minimum absolute atomic E-state index is 0.0669. The van der Waals surface area contributed by atoms with Gasteiger partial charge in [-0.3, -0.25) is 4.79 Å². The number of esters is 1. The Kier molecular flexibility index (Phi) is 5.53. The zero-order valence-electron chi connectivity index (χ0n) is 9.74. The third kappa shape index (κ3) is 5.00. The molecule has 0 aromatic heterocycles. The molecule has 2 nitrogen and oxygen atoms in total. The van der Waals surface area contributed by atoms with Gasteiger partial charge in [0.25, 0.3) is 0 Å². The van der Waals surface area contributed by atoms with Crippen LogP contribution in [0.25, 0.3) is 0 Å². The molecule has 0 heterocycles. The maximum atomic E-state index is 12.6. The van der Waals surface area contributed by atoms with Gasteiger partial charge in [-0.1, -0.05) is 25.1 Å². The number of rotatable bonds is 5. The molecule has 0 saturated heterocycles. The molecule has 1 aromatic carbocycles. The fourth-order valence-corrected chi connectivity index (χ4v) is 2.08. The highest BCUT2D eigenvalue weighted by molar-refractivity contribution is 7.99. The molecule has 0 aliphatic carbocycles. The Morgan fingerprint density at radius 1 is 1.33 bits per heavy atom. The van der Waals surface area contributed by atoms with E-state index < -0.39 is 18.2 Å². The molecule has 0 saturated carbocycles. The van der Waals surface area contributed by atoms with E-state index in [1.54, 1.807) is 30.3 Å². The van der Waals surface area contributed by atoms with Crippen molar-refractivity contribution in [2.75, 3.05) is 5.75 Å². The Hall–Kier alpha value is -1.17.